The van der Waals surface area contributed by atoms with E-state index in [0.29, 0.717) is 54.3 Å². The van der Waals surface area contributed by atoms with Crippen LogP contribution in [0.3, 0.4) is 0 Å². The number of hydrogen-bond donors (Lipinski definition) is 3. The monoisotopic (exact) mass is 551 g/mol. The Balaban J connectivity index is 1.80. The van der Waals surface area contributed by atoms with Crippen molar-refractivity contribution in [2.75, 3.05) is 45.6 Å². The molecule has 10 nitrogen and oxygen atoms in total. The largest absolute Gasteiger partial charge is 0.399 e. The van der Waals surface area contributed by atoms with E-state index in [2.05, 4.69) is 34.5 Å². The maximum Gasteiger partial charge on any atom is 0.238 e. The van der Waals surface area contributed by atoms with Crippen LogP contribution in [0.1, 0.15) is 18.4 Å². The molecule has 40 heavy (non-hydrogen) atoms. The minimum absolute atomic E-state index is 0.0951. The zero-order valence-corrected chi connectivity index (χ0v) is 22.9. The lowest BCUT2D eigenvalue weighted by Gasteiger charge is -2.60. The van der Waals surface area contributed by atoms with Gasteiger partial charge in [0.2, 0.25) is 11.3 Å². The van der Waals surface area contributed by atoms with Crippen molar-refractivity contribution >= 4 is 28.9 Å². The van der Waals surface area contributed by atoms with Gasteiger partial charge < -0.3 is 26.3 Å². The van der Waals surface area contributed by atoms with E-state index in [-0.39, 0.29) is 17.8 Å². The Labute approximate surface area is 237 Å². The molecule has 2 fully saturated rings. The van der Waals surface area contributed by atoms with Crippen LogP contribution in [0, 0.1) is 72.9 Å². The van der Waals surface area contributed by atoms with E-state index in [4.69, 9.17) is 17.3 Å². The fourth-order valence-corrected chi connectivity index (χ4v) is 8.39. The quantitative estimate of drug-likeness (QED) is 0.439. The van der Waals surface area contributed by atoms with Gasteiger partial charge in [-0.2, -0.15) is 21.0 Å². The summed E-state index contributed by atoms with van der Waals surface area (Å²) in [5, 5.41) is 55.5. The van der Waals surface area contributed by atoms with Gasteiger partial charge in [0.1, 0.15) is 5.41 Å². The Morgan fingerprint density at radius 3 is 2.27 bits per heavy atom. The number of nitriles is 4. The van der Waals surface area contributed by atoms with Crippen LogP contribution < -0.4 is 11.1 Å². The number of nitrogens with zero attached hydrogens (tertiary/aromatic N) is 6. The number of nitrogens with two attached hydrogens (primary N) is 1. The number of hydrogen-bond acceptors (Lipinski definition) is 9. The van der Waals surface area contributed by atoms with Crippen LogP contribution in [0.5, 0.6) is 0 Å². The average Bonchev–Trinajstić information content (AvgIpc) is 3.23. The highest BCUT2D eigenvalue weighted by Crippen LogP contribution is 2.68. The van der Waals surface area contributed by atoms with E-state index in [0.717, 1.165) is 5.57 Å². The molecule has 0 aromatic heterocycles. The van der Waals surface area contributed by atoms with Crippen LogP contribution in [0.15, 0.2) is 40.6 Å². The van der Waals surface area contributed by atoms with Crippen molar-refractivity contribution in [2.45, 2.75) is 18.3 Å². The van der Waals surface area contributed by atoms with Crippen molar-refractivity contribution in [3.05, 3.63) is 51.2 Å². The zero-order chi connectivity index (χ0) is 28.8. The van der Waals surface area contributed by atoms with Gasteiger partial charge in [-0.05, 0) is 74.9 Å². The number of halogens is 1. The van der Waals surface area contributed by atoms with Crippen LogP contribution >= 0.6 is 11.6 Å². The molecule has 1 saturated carbocycles. The van der Waals surface area contributed by atoms with Gasteiger partial charge in [0.05, 0.1) is 35.7 Å². The van der Waals surface area contributed by atoms with E-state index in [9.17, 15) is 31.3 Å². The molecule has 5 aliphatic rings. The number of rotatable bonds is 0. The number of likely N-dealkylation sites (N-methyl/N-ethyl adjacent to an activating group) is 1. The first-order valence-corrected chi connectivity index (χ1v) is 13.4. The van der Waals surface area contributed by atoms with Crippen LogP contribution in [0.25, 0.3) is 0 Å². The molecule has 200 valence electrons. The summed E-state index contributed by atoms with van der Waals surface area (Å²) >= 11 is 6.43. The zero-order valence-electron chi connectivity index (χ0n) is 22.1. The van der Waals surface area contributed by atoms with Crippen molar-refractivity contribution < 1.29 is 4.79 Å². The van der Waals surface area contributed by atoms with Gasteiger partial charge in [-0.25, -0.2) is 0 Å². The third-order valence-electron chi connectivity index (χ3n) is 10.1. The van der Waals surface area contributed by atoms with Crippen LogP contribution in [-0.4, -0.2) is 61.7 Å². The molecule has 0 unspecified atom stereocenters. The topological polar surface area (TPSA) is 181 Å². The van der Waals surface area contributed by atoms with Crippen LogP contribution in [-0.2, 0) is 10.2 Å². The molecule has 2 spiro atoms. The standard InChI is InChI=1S/C29H26ClN9O/c1-38-7-5-26(6-8-38)18-10-39(2)11-19-21(18)22(23(35)27(26,12-31)13-32)24(36)28(14-33,15-34)29(19)17-9-16(30)3-4-20(17)37-25(29)40/h3-4,9,19,36H,5-8,10-11,35H2,1-2H3,(H,37,40)/t19-,29-/m0/s1. The number of nitrogens with one attached hydrogen (secondary N) is 2. The number of allylic oxidation sites excluding steroid dienone is 2. The van der Waals surface area contributed by atoms with Gasteiger partial charge in [0.15, 0.2) is 5.41 Å². The highest BCUT2D eigenvalue weighted by Gasteiger charge is 2.75. The van der Waals surface area contributed by atoms with Gasteiger partial charge in [0.25, 0.3) is 0 Å². The summed E-state index contributed by atoms with van der Waals surface area (Å²) < 4.78 is 0. The second-order valence-corrected chi connectivity index (χ2v) is 12.0. The van der Waals surface area contributed by atoms with Crippen molar-refractivity contribution in [1.29, 1.82) is 26.5 Å². The van der Waals surface area contributed by atoms with Crippen LogP contribution in [0.2, 0.25) is 5.02 Å². The second kappa shape index (κ2) is 8.17. The van der Waals surface area contributed by atoms with Crippen molar-refractivity contribution in [2.24, 2.45) is 27.9 Å². The number of fused-ring (bicyclic) bond motifs is 4. The predicted molar refractivity (Wildman–Crippen MR) is 145 cm³/mol. The fourth-order valence-electron chi connectivity index (χ4n) is 8.22. The SMILES string of the molecule is CN1CCC2(CC1)C1=C3C(=C(N)C2(C#N)C#N)C(=N)C(C#N)(C#N)[C@]2(C(=O)Nc4ccc(Cl)cc42)[C@H]3CN(C)C1. The molecule has 1 amide bonds. The Kier molecular flexibility index (Phi) is 5.32. The average molecular weight is 552 g/mol. The molecule has 2 atom stereocenters. The summed E-state index contributed by atoms with van der Waals surface area (Å²) in [5.74, 6) is -1.33. The lowest BCUT2D eigenvalue weighted by atomic mass is 9.41. The summed E-state index contributed by atoms with van der Waals surface area (Å²) in [5.41, 5.74) is 1.71. The molecule has 3 aliphatic heterocycles. The highest BCUT2D eigenvalue weighted by atomic mass is 35.5. The number of benzene rings is 1. The van der Waals surface area contributed by atoms with Gasteiger partial charge in [-0.15, -0.1) is 0 Å². The first kappa shape index (κ1) is 26.1. The Bertz CT molecular complexity index is 1630. The molecule has 4 N–H and O–H groups in total. The Morgan fingerprint density at radius 2 is 1.68 bits per heavy atom. The molecule has 6 rings (SSSR count). The van der Waals surface area contributed by atoms with Gasteiger partial charge in [-0.1, -0.05) is 11.6 Å². The first-order chi connectivity index (χ1) is 19.0. The van der Waals surface area contributed by atoms with Gasteiger partial charge in [0, 0.05) is 40.7 Å². The van der Waals surface area contributed by atoms with Gasteiger partial charge >= 0.3 is 0 Å². The molecule has 1 aromatic carbocycles. The summed E-state index contributed by atoms with van der Waals surface area (Å²) in [4.78, 5) is 18.4. The summed E-state index contributed by atoms with van der Waals surface area (Å²) in [6.45, 7) is 1.94. The lowest BCUT2D eigenvalue weighted by molar-refractivity contribution is -0.124. The summed E-state index contributed by atoms with van der Waals surface area (Å²) in [7, 11) is 3.87. The molecular weight excluding hydrogens is 526 g/mol. The first-order valence-electron chi connectivity index (χ1n) is 13.0. The van der Waals surface area contributed by atoms with Gasteiger partial charge in [-0.3, -0.25) is 4.79 Å². The van der Waals surface area contributed by atoms with E-state index in [1.807, 2.05) is 19.0 Å². The molecule has 0 bridgehead atoms. The fraction of sp³-hybridized carbons (Fsp3) is 0.448. The van der Waals surface area contributed by atoms with E-state index in [1.165, 1.54) is 0 Å². The van der Waals surface area contributed by atoms with Crippen molar-refractivity contribution in [3.63, 3.8) is 0 Å². The minimum Gasteiger partial charge on any atom is -0.399 e. The Morgan fingerprint density at radius 1 is 1.05 bits per heavy atom. The normalized spacial score (nSPS) is 29.6. The smallest absolute Gasteiger partial charge is 0.238 e. The molecule has 11 heteroatoms. The maximum atomic E-state index is 14.3. The number of carbonyl (C=O) groups is 1. The molecule has 0 radical (unpaired) electrons. The molecular formula is C29H26ClN9O. The number of likely N-dealkylation sites (tertiary alicyclic amines) is 1. The maximum absolute atomic E-state index is 14.3. The molecule has 1 aromatic rings. The number of anilines is 1. The number of carbonyl (C=O) groups excluding carboxylic acids is 1. The Hall–Kier alpha value is -4.19. The lowest BCUT2D eigenvalue weighted by Crippen LogP contribution is -2.68. The van der Waals surface area contributed by atoms with E-state index in [1.54, 1.807) is 18.2 Å². The van der Waals surface area contributed by atoms with Crippen molar-refractivity contribution in [3.8, 4) is 24.3 Å². The third-order valence-corrected chi connectivity index (χ3v) is 10.3. The summed E-state index contributed by atoms with van der Waals surface area (Å²) in [6.07, 6.45) is 0.961. The van der Waals surface area contributed by atoms with Crippen molar-refractivity contribution in [1.82, 2.24) is 9.80 Å². The molecule has 2 aliphatic carbocycles. The second-order valence-electron chi connectivity index (χ2n) is 11.6. The third kappa shape index (κ3) is 2.58. The predicted octanol–water partition coefficient (Wildman–Crippen LogP) is 2.43. The summed E-state index contributed by atoms with van der Waals surface area (Å²) in [6, 6.07) is 13.5. The number of amides is 1. The highest BCUT2D eigenvalue weighted by molar-refractivity contribution is 6.31. The van der Waals surface area contributed by atoms with E-state index < -0.39 is 39.2 Å². The van der Waals surface area contributed by atoms with E-state index >= 15 is 0 Å². The van der Waals surface area contributed by atoms with Crippen LogP contribution in [0.4, 0.5) is 5.69 Å². The molecule has 1 saturated heterocycles. The molecule has 3 heterocycles. The minimum atomic E-state index is -2.31. The number of piperidine rings is 1.